The normalized spacial score (nSPS) is 21.8. The molecule has 8 heteroatoms. The van der Waals surface area contributed by atoms with E-state index in [4.69, 9.17) is 4.65 Å². The average Bonchev–Trinajstić information content (AvgIpc) is 3.19. The highest BCUT2D eigenvalue weighted by molar-refractivity contribution is 6.48. The summed E-state index contributed by atoms with van der Waals surface area (Å²) in [5.41, 5.74) is 0.301. The van der Waals surface area contributed by atoms with Gasteiger partial charge in [-0.05, 0) is 24.0 Å². The van der Waals surface area contributed by atoms with Gasteiger partial charge in [0, 0.05) is 12.7 Å². The van der Waals surface area contributed by atoms with Crippen LogP contribution in [0.15, 0.2) is 12.1 Å². The van der Waals surface area contributed by atoms with Gasteiger partial charge in [-0.2, -0.15) is 0 Å². The summed E-state index contributed by atoms with van der Waals surface area (Å²) in [5.74, 6) is -2.36. The van der Waals surface area contributed by atoms with E-state index in [2.05, 4.69) is 9.47 Å². The summed E-state index contributed by atoms with van der Waals surface area (Å²) in [6.45, 7) is 0.553. The smallest absolute Gasteiger partial charge is 0.526 e. The third-order valence-electron chi connectivity index (χ3n) is 3.64. The number of ether oxygens (including phenoxy) is 2. The molecule has 0 aromatic heterocycles. The number of halogens is 1. The van der Waals surface area contributed by atoms with Crippen LogP contribution in [0.1, 0.15) is 35.2 Å². The zero-order valence-electron chi connectivity index (χ0n) is 11.2. The summed E-state index contributed by atoms with van der Waals surface area (Å²) < 4.78 is 28.3. The molecule has 0 amide bonds. The Morgan fingerprint density at radius 1 is 1.48 bits per heavy atom. The number of benzene rings is 1. The lowest BCUT2D eigenvalue weighted by atomic mass is 9.77. The van der Waals surface area contributed by atoms with Crippen LogP contribution in [-0.4, -0.2) is 30.9 Å². The molecule has 1 aliphatic carbocycles. The van der Waals surface area contributed by atoms with Gasteiger partial charge in [-0.3, -0.25) is 4.79 Å². The number of hydrogen-bond donors (Lipinski definition) is 1. The van der Waals surface area contributed by atoms with Crippen LogP contribution in [0.5, 0.6) is 5.75 Å². The van der Waals surface area contributed by atoms with E-state index in [1.54, 1.807) is 6.07 Å². The number of carbonyl (C=O) groups is 2. The molecule has 1 aliphatic heterocycles. The van der Waals surface area contributed by atoms with Crippen LogP contribution in [0.3, 0.4) is 0 Å². The van der Waals surface area contributed by atoms with E-state index in [9.17, 15) is 19.0 Å². The Labute approximate surface area is 119 Å². The Balaban J connectivity index is 1.86. The lowest BCUT2D eigenvalue weighted by Gasteiger charge is -2.21. The largest absolute Gasteiger partial charge is 0.535 e. The second kappa shape index (κ2) is 5.03. The van der Waals surface area contributed by atoms with Gasteiger partial charge in [0.05, 0.1) is 0 Å². The minimum atomic E-state index is -1.05. The van der Waals surface area contributed by atoms with Crippen LogP contribution in [-0.2, 0) is 14.3 Å². The molecule has 2 atom stereocenters. The van der Waals surface area contributed by atoms with Gasteiger partial charge < -0.3 is 19.2 Å². The summed E-state index contributed by atoms with van der Waals surface area (Å²) >= 11 is 0. The van der Waals surface area contributed by atoms with Gasteiger partial charge >= 0.3 is 19.1 Å². The van der Waals surface area contributed by atoms with Crippen LogP contribution in [0, 0.1) is 5.82 Å². The van der Waals surface area contributed by atoms with E-state index in [-0.39, 0.29) is 23.0 Å². The molecule has 2 aliphatic rings. The quantitative estimate of drug-likeness (QED) is 0.513. The fraction of sp³-hybridized carbons (Fsp3) is 0.385. The maximum Gasteiger partial charge on any atom is 0.526 e. The lowest BCUT2D eigenvalue weighted by Crippen LogP contribution is -2.28. The second-order valence-electron chi connectivity index (χ2n) is 5.04. The molecule has 0 saturated heterocycles. The Morgan fingerprint density at radius 2 is 2.24 bits per heavy atom. The molecule has 1 aromatic carbocycles. The summed E-state index contributed by atoms with van der Waals surface area (Å²) in [7, 11) is -1.05. The molecule has 3 rings (SSSR count). The lowest BCUT2D eigenvalue weighted by molar-refractivity contribution is -0.149. The molecule has 1 unspecified atom stereocenters. The highest BCUT2D eigenvalue weighted by Gasteiger charge is 2.54. The molecule has 0 spiro atoms. The summed E-state index contributed by atoms with van der Waals surface area (Å²) in [6, 6.07) is 2.71. The monoisotopic (exact) mass is 294 g/mol. The van der Waals surface area contributed by atoms with Crippen molar-refractivity contribution in [2.24, 2.45) is 0 Å². The Kier molecular flexibility index (Phi) is 3.33. The number of rotatable bonds is 3. The van der Waals surface area contributed by atoms with E-state index in [1.165, 1.54) is 0 Å². The van der Waals surface area contributed by atoms with Crippen molar-refractivity contribution in [1.29, 1.82) is 0 Å². The van der Waals surface area contributed by atoms with Gasteiger partial charge in [0.15, 0.2) is 0 Å². The predicted octanol–water partition coefficient (Wildman–Crippen LogP) is 1.23. The van der Waals surface area contributed by atoms with Crippen LogP contribution in [0.25, 0.3) is 0 Å². The number of carbonyl (C=O) groups excluding carboxylic acids is 2. The molecule has 110 valence electrons. The highest BCUT2D eigenvalue weighted by Crippen LogP contribution is 2.60. The van der Waals surface area contributed by atoms with Crippen LogP contribution in [0.4, 0.5) is 4.39 Å². The first-order chi connectivity index (χ1) is 9.99. The van der Waals surface area contributed by atoms with Gasteiger partial charge in [0.1, 0.15) is 17.1 Å². The second-order valence-corrected chi connectivity index (χ2v) is 5.04. The fourth-order valence-electron chi connectivity index (χ4n) is 2.52. The third kappa shape index (κ3) is 2.46. The SMILES string of the molecule is CC(=O)OCOC(=O)c1c(F)ccc2c1OB(O)C1C[C@H]21. The zero-order valence-corrected chi connectivity index (χ0v) is 11.2. The summed E-state index contributed by atoms with van der Waals surface area (Å²) in [6.07, 6.45) is 0.738. The van der Waals surface area contributed by atoms with E-state index >= 15 is 0 Å². The number of esters is 2. The van der Waals surface area contributed by atoms with Gasteiger partial charge in [-0.1, -0.05) is 6.07 Å². The molecule has 0 bridgehead atoms. The van der Waals surface area contributed by atoms with Crippen molar-refractivity contribution in [2.75, 3.05) is 6.79 Å². The summed E-state index contributed by atoms with van der Waals surface area (Å²) in [4.78, 5) is 22.5. The van der Waals surface area contributed by atoms with Gasteiger partial charge in [0.25, 0.3) is 0 Å². The van der Waals surface area contributed by atoms with Crippen molar-refractivity contribution < 1.29 is 33.1 Å². The topological polar surface area (TPSA) is 82.1 Å². The van der Waals surface area contributed by atoms with Crippen LogP contribution < -0.4 is 4.65 Å². The highest BCUT2D eigenvalue weighted by atomic mass is 19.1. The van der Waals surface area contributed by atoms with E-state index in [0.717, 1.165) is 19.4 Å². The van der Waals surface area contributed by atoms with Crippen molar-refractivity contribution >= 4 is 19.1 Å². The minimum absolute atomic E-state index is 0.00659. The van der Waals surface area contributed by atoms with Gasteiger partial charge in [-0.15, -0.1) is 0 Å². The number of fused-ring (bicyclic) bond motifs is 3. The molecular formula is C13H12BFO6. The van der Waals surface area contributed by atoms with Crippen molar-refractivity contribution in [3.05, 3.63) is 29.1 Å². The van der Waals surface area contributed by atoms with Crippen LogP contribution in [0.2, 0.25) is 5.82 Å². The zero-order chi connectivity index (χ0) is 15.1. The molecule has 1 saturated carbocycles. The minimum Gasteiger partial charge on any atom is -0.535 e. The molecule has 1 N–H and O–H groups in total. The molecular weight excluding hydrogens is 282 g/mol. The fourth-order valence-corrected chi connectivity index (χ4v) is 2.52. The molecule has 21 heavy (non-hydrogen) atoms. The molecule has 1 heterocycles. The maximum atomic E-state index is 13.9. The van der Waals surface area contributed by atoms with Crippen molar-refractivity contribution in [1.82, 2.24) is 0 Å². The van der Waals surface area contributed by atoms with Crippen LogP contribution >= 0.6 is 0 Å². The number of hydrogen-bond acceptors (Lipinski definition) is 6. The molecule has 6 nitrogen and oxygen atoms in total. The standard InChI is InChI=1S/C13H12BFO6/c1-6(16)19-5-20-13(17)11-10(15)3-2-7-8-4-9(8)14(18)21-12(7)11/h2-3,8-9,18H,4-5H2,1H3/t8-,9?/m1/s1. The first-order valence-corrected chi connectivity index (χ1v) is 6.46. The Morgan fingerprint density at radius 3 is 2.95 bits per heavy atom. The van der Waals surface area contributed by atoms with E-state index in [1.807, 2.05) is 0 Å². The van der Waals surface area contributed by atoms with Crippen molar-refractivity contribution in [3.8, 4) is 5.75 Å². The Bertz CT molecular complexity index is 619. The van der Waals surface area contributed by atoms with Gasteiger partial charge in [0.2, 0.25) is 6.79 Å². The average molecular weight is 294 g/mol. The Hall–Kier alpha value is -2.09. The maximum absolute atomic E-state index is 13.9. The third-order valence-corrected chi connectivity index (χ3v) is 3.64. The molecule has 0 radical (unpaired) electrons. The molecule has 1 aromatic rings. The van der Waals surface area contributed by atoms with Crippen molar-refractivity contribution in [3.63, 3.8) is 0 Å². The first-order valence-electron chi connectivity index (χ1n) is 6.46. The first kappa shape index (κ1) is 13.9. The predicted molar refractivity (Wildman–Crippen MR) is 68.2 cm³/mol. The molecule has 1 fully saturated rings. The van der Waals surface area contributed by atoms with Crippen molar-refractivity contribution in [2.45, 2.75) is 25.1 Å². The van der Waals surface area contributed by atoms with E-state index < -0.39 is 31.7 Å². The van der Waals surface area contributed by atoms with Gasteiger partial charge in [-0.25, -0.2) is 9.18 Å². The summed E-state index contributed by atoms with van der Waals surface area (Å²) in [5, 5.41) is 9.75. The van der Waals surface area contributed by atoms with E-state index in [0.29, 0.717) is 5.56 Å².